The molecule has 4 amide bonds. The van der Waals surface area contributed by atoms with E-state index in [2.05, 4.69) is 21.6 Å². The maximum absolute atomic E-state index is 14.6. The Balaban J connectivity index is 0.00000580. The lowest BCUT2D eigenvalue weighted by Crippen LogP contribution is -2.62. The number of hydrogen-bond donors (Lipinski definition) is 2. The van der Waals surface area contributed by atoms with E-state index >= 15 is 0 Å². The third kappa shape index (κ3) is 9.34. The number of urea groups is 1. The first-order chi connectivity index (χ1) is 25.6. The lowest BCUT2D eigenvalue weighted by atomic mass is 9.75. The van der Waals surface area contributed by atoms with E-state index < -0.39 is 46.1 Å². The number of nitrogens with zero attached hydrogens (tertiary/aromatic N) is 3. The van der Waals surface area contributed by atoms with Gasteiger partial charge in [-0.15, -0.1) is 12.4 Å². The van der Waals surface area contributed by atoms with Crippen molar-refractivity contribution in [2.75, 3.05) is 40.3 Å². The van der Waals surface area contributed by atoms with Crippen molar-refractivity contribution < 1.29 is 27.6 Å². The van der Waals surface area contributed by atoms with Crippen molar-refractivity contribution in [1.82, 2.24) is 25.3 Å². The minimum Gasteiger partial charge on any atom is -0.346 e. The second-order valence-electron chi connectivity index (χ2n) is 14.5. The summed E-state index contributed by atoms with van der Waals surface area (Å²) in [5.74, 6) is -2.05. The van der Waals surface area contributed by atoms with Gasteiger partial charge in [0.25, 0.3) is 0 Å². The monoisotopic (exact) mass is 817 g/mol. The molecule has 8 nitrogen and oxygen atoms in total. The van der Waals surface area contributed by atoms with Crippen LogP contribution >= 0.6 is 35.6 Å². The van der Waals surface area contributed by atoms with Gasteiger partial charge in [-0.25, -0.2) is 4.79 Å². The smallest absolute Gasteiger partial charge is 0.346 e. The predicted molar refractivity (Wildman–Crippen MR) is 211 cm³/mol. The van der Waals surface area contributed by atoms with Crippen LogP contribution in [0.25, 0.3) is 0 Å². The molecule has 2 heterocycles. The van der Waals surface area contributed by atoms with Gasteiger partial charge >= 0.3 is 18.1 Å². The highest BCUT2D eigenvalue weighted by atomic mass is 35.5. The minimum atomic E-state index is -5.13. The Hall–Kier alpha value is -4.03. The Morgan fingerprint density at radius 1 is 0.927 bits per heavy atom. The Labute approximate surface area is 336 Å². The molecular formula is C41H45Cl3F3N5O3. The maximum atomic E-state index is 14.6. The number of rotatable bonds is 10. The van der Waals surface area contributed by atoms with Gasteiger partial charge < -0.3 is 25.3 Å². The number of piperidine rings is 1. The van der Waals surface area contributed by atoms with Crippen LogP contribution in [0.3, 0.4) is 0 Å². The summed E-state index contributed by atoms with van der Waals surface area (Å²) in [5.41, 5.74) is 2.27. The number of likely N-dealkylation sites (N-methyl/N-ethyl adjacent to an activating group) is 2. The Kier molecular flexibility index (Phi) is 13.0. The summed E-state index contributed by atoms with van der Waals surface area (Å²) in [4.78, 5) is 44.3. The molecule has 0 aromatic heterocycles. The molecule has 3 aromatic rings. The molecule has 1 spiro atoms. The van der Waals surface area contributed by atoms with E-state index in [1.54, 1.807) is 25.3 Å². The molecule has 55 heavy (non-hydrogen) atoms. The number of carbonyl (C=O) groups is 3. The molecule has 294 valence electrons. The average Bonchev–Trinajstić information content (AvgIpc) is 3.15. The molecule has 2 N–H and O–H groups in total. The van der Waals surface area contributed by atoms with Gasteiger partial charge in [0.1, 0.15) is 4.33 Å². The zero-order chi connectivity index (χ0) is 38.7. The fraction of sp³-hybridized carbons (Fsp3) is 0.390. The number of halogens is 6. The normalized spacial score (nSPS) is 18.6. The topological polar surface area (TPSA) is 85.0 Å². The van der Waals surface area contributed by atoms with Crippen molar-refractivity contribution in [3.63, 3.8) is 0 Å². The molecule has 0 saturated carbocycles. The first-order valence-corrected chi connectivity index (χ1v) is 18.7. The Bertz CT molecular complexity index is 1860. The maximum Gasteiger partial charge on any atom is 0.471 e. The van der Waals surface area contributed by atoms with E-state index in [1.165, 1.54) is 4.90 Å². The Morgan fingerprint density at radius 2 is 1.51 bits per heavy atom. The van der Waals surface area contributed by atoms with Gasteiger partial charge in [-0.3, -0.25) is 9.59 Å². The molecule has 6 rings (SSSR count). The number of allylic oxidation sites excluding steroid dienone is 2. The molecule has 3 aliphatic rings. The van der Waals surface area contributed by atoms with Crippen LogP contribution in [0.5, 0.6) is 0 Å². The molecule has 14 heteroatoms. The summed E-state index contributed by atoms with van der Waals surface area (Å²) in [6, 6.07) is 25.6. The molecule has 1 saturated heterocycles. The van der Waals surface area contributed by atoms with Crippen LogP contribution < -0.4 is 10.6 Å². The van der Waals surface area contributed by atoms with Crippen molar-refractivity contribution in [2.24, 2.45) is 0 Å². The van der Waals surface area contributed by atoms with Crippen LogP contribution in [0.4, 0.5) is 18.0 Å². The zero-order valence-corrected chi connectivity index (χ0v) is 32.9. The van der Waals surface area contributed by atoms with Gasteiger partial charge in [-0.2, -0.15) is 13.2 Å². The zero-order valence-electron chi connectivity index (χ0n) is 30.6. The average molecular weight is 819 g/mol. The summed E-state index contributed by atoms with van der Waals surface area (Å²) in [7, 11) is 2.65. The van der Waals surface area contributed by atoms with Gasteiger partial charge in [-0.05, 0) is 53.2 Å². The van der Waals surface area contributed by atoms with Crippen molar-refractivity contribution in [3.05, 3.63) is 131 Å². The third-order valence-corrected chi connectivity index (χ3v) is 11.6. The molecule has 3 aromatic carbocycles. The Morgan fingerprint density at radius 3 is 2.07 bits per heavy atom. The molecule has 1 atom stereocenters. The number of likely N-dealkylation sites (tertiary alicyclic amines) is 1. The van der Waals surface area contributed by atoms with E-state index in [1.807, 2.05) is 78.9 Å². The molecular weight excluding hydrogens is 774 g/mol. The summed E-state index contributed by atoms with van der Waals surface area (Å²) in [6.07, 6.45) is 1.69. The molecule has 1 fully saturated rings. The fourth-order valence-electron chi connectivity index (χ4n) is 8.05. The number of nitrogens with one attached hydrogen (secondary N) is 2. The van der Waals surface area contributed by atoms with Gasteiger partial charge in [0.05, 0.1) is 23.5 Å². The lowest BCUT2D eigenvalue weighted by molar-refractivity contribution is -0.185. The summed E-state index contributed by atoms with van der Waals surface area (Å²) >= 11 is 12.9. The quantitative estimate of drug-likeness (QED) is 0.206. The van der Waals surface area contributed by atoms with Gasteiger partial charge in [0.15, 0.2) is 0 Å². The summed E-state index contributed by atoms with van der Waals surface area (Å²) < 4.78 is 40.5. The first-order valence-electron chi connectivity index (χ1n) is 18.0. The van der Waals surface area contributed by atoms with Crippen molar-refractivity contribution in [2.45, 2.75) is 59.7 Å². The van der Waals surface area contributed by atoms with E-state index in [-0.39, 0.29) is 31.2 Å². The van der Waals surface area contributed by atoms with Crippen LogP contribution in [-0.4, -0.2) is 88.9 Å². The van der Waals surface area contributed by atoms with E-state index in [0.29, 0.717) is 49.4 Å². The molecule has 0 radical (unpaired) electrons. The SMILES string of the molecule is CN(CC(CCN1CCC2(CC1)NC(=O)Cc1ccccc12)(C1=CCC(Cl)(Cl)C=C1)N(C)C(=O)NC(c1ccccc1)c1ccccc1)C(=O)C(F)(F)F.Cl. The first kappa shape index (κ1) is 42.1. The van der Waals surface area contributed by atoms with E-state index in [9.17, 15) is 27.6 Å². The molecule has 1 aliphatic carbocycles. The number of benzene rings is 3. The van der Waals surface area contributed by atoms with Crippen LogP contribution in [0.2, 0.25) is 0 Å². The molecule has 1 unspecified atom stereocenters. The second kappa shape index (κ2) is 17.0. The number of alkyl halides is 5. The second-order valence-corrected chi connectivity index (χ2v) is 16.0. The predicted octanol–water partition coefficient (Wildman–Crippen LogP) is 7.71. The molecule has 2 aliphatic heterocycles. The van der Waals surface area contributed by atoms with E-state index in [0.717, 1.165) is 29.3 Å². The number of fused-ring (bicyclic) bond motifs is 2. The van der Waals surface area contributed by atoms with E-state index in [4.69, 9.17) is 23.2 Å². The number of amides is 4. The standard InChI is InChI=1S/C41H44Cl2F3N5O3.ClH/c1-49(36(53)41(44,45)46)28-39(32-17-19-40(42,43)20-18-32,50(2)37(54)47-35(29-11-5-3-6-12-29)30-13-7-4-8-14-30)23-26-51-24-21-38(22-25-51)33-16-10-9-15-31(33)27-34(52)48-38;/h3-19,35H,20-28H2,1-2H3,(H,47,54)(H,48,52);1H. The number of carbonyl (C=O) groups excluding carboxylic acids is 3. The van der Waals surface area contributed by atoms with Crippen molar-refractivity contribution in [1.29, 1.82) is 0 Å². The largest absolute Gasteiger partial charge is 0.471 e. The van der Waals surface area contributed by atoms with Crippen LogP contribution in [0.15, 0.2) is 109 Å². The highest BCUT2D eigenvalue weighted by Gasteiger charge is 2.49. The summed E-state index contributed by atoms with van der Waals surface area (Å²) in [6.45, 7) is 1.08. The van der Waals surface area contributed by atoms with Gasteiger partial charge in [0.2, 0.25) is 5.91 Å². The lowest BCUT2D eigenvalue weighted by Gasteiger charge is -2.49. The highest BCUT2D eigenvalue weighted by Crippen LogP contribution is 2.41. The van der Waals surface area contributed by atoms with Crippen LogP contribution in [0, 0.1) is 0 Å². The minimum absolute atomic E-state index is 0. The van der Waals surface area contributed by atoms with Crippen LogP contribution in [-0.2, 0) is 21.5 Å². The van der Waals surface area contributed by atoms with Crippen molar-refractivity contribution >= 4 is 53.5 Å². The molecule has 0 bridgehead atoms. The summed E-state index contributed by atoms with van der Waals surface area (Å²) in [5, 5.41) is 6.39. The third-order valence-electron chi connectivity index (χ3n) is 11.0. The van der Waals surface area contributed by atoms with Gasteiger partial charge in [0, 0.05) is 46.7 Å². The number of hydrogen-bond acceptors (Lipinski definition) is 4. The fourth-order valence-corrected chi connectivity index (χ4v) is 8.34. The highest BCUT2D eigenvalue weighted by molar-refractivity contribution is 6.50. The van der Waals surface area contributed by atoms with Crippen molar-refractivity contribution in [3.8, 4) is 0 Å². The van der Waals surface area contributed by atoms with Gasteiger partial charge in [-0.1, -0.05) is 120 Å². The van der Waals surface area contributed by atoms with Crippen LogP contribution in [0.1, 0.15) is 54.0 Å².